The van der Waals surface area contributed by atoms with Gasteiger partial charge in [0.05, 0.1) is 6.04 Å². The summed E-state index contributed by atoms with van der Waals surface area (Å²) in [6.45, 7) is 8.47. The van der Waals surface area contributed by atoms with Gasteiger partial charge in [-0.25, -0.2) is 0 Å². The molecule has 24 heavy (non-hydrogen) atoms. The van der Waals surface area contributed by atoms with Gasteiger partial charge in [0.2, 0.25) is 5.91 Å². The monoisotopic (exact) mass is 327 g/mol. The summed E-state index contributed by atoms with van der Waals surface area (Å²) in [5, 5.41) is 0. The lowest BCUT2D eigenvalue weighted by molar-refractivity contribution is -0.133. The molecular formula is C20H29N3O. The average Bonchev–Trinajstić information content (AvgIpc) is 3.19. The Morgan fingerprint density at radius 1 is 1.08 bits per heavy atom. The van der Waals surface area contributed by atoms with Crippen molar-refractivity contribution < 1.29 is 4.79 Å². The second kappa shape index (κ2) is 6.16. The summed E-state index contributed by atoms with van der Waals surface area (Å²) in [4.78, 5) is 19.8. The van der Waals surface area contributed by atoms with Crippen molar-refractivity contribution >= 4 is 5.91 Å². The Balaban J connectivity index is 1.50. The van der Waals surface area contributed by atoms with Crippen LogP contribution < -0.4 is 0 Å². The average molecular weight is 327 g/mol. The van der Waals surface area contributed by atoms with Gasteiger partial charge < -0.3 is 4.90 Å². The van der Waals surface area contributed by atoms with E-state index in [0.29, 0.717) is 29.8 Å². The summed E-state index contributed by atoms with van der Waals surface area (Å²) in [5.74, 6) is 1.70. The van der Waals surface area contributed by atoms with Gasteiger partial charge in [-0.05, 0) is 44.7 Å². The minimum Gasteiger partial charge on any atom is -0.339 e. The van der Waals surface area contributed by atoms with E-state index in [2.05, 4.69) is 65.9 Å². The van der Waals surface area contributed by atoms with Gasteiger partial charge in [-0.2, -0.15) is 0 Å². The number of likely N-dealkylation sites (tertiary alicyclic amines) is 3. The fourth-order valence-corrected chi connectivity index (χ4v) is 5.24. The molecule has 0 N–H and O–H groups in total. The number of amides is 1. The maximum absolute atomic E-state index is 12.7. The number of carbonyl (C=O) groups excluding carboxylic acids is 1. The van der Waals surface area contributed by atoms with Crippen molar-refractivity contribution in [1.29, 1.82) is 0 Å². The zero-order valence-electron chi connectivity index (χ0n) is 15.1. The highest BCUT2D eigenvalue weighted by Gasteiger charge is 2.49. The molecule has 4 nitrogen and oxygen atoms in total. The summed E-state index contributed by atoms with van der Waals surface area (Å²) in [6, 6.07) is 11.8. The number of nitrogens with zero attached hydrogens (tertiary/aromatic N) is 3. The third kappa shape index (κ3) is 2.56. The number of carbonyl (C=O) groups is 1. The molecule has 4 heteroatoms. The van der Waals surface area contributed by atoms with Gasteiger partial charge >= 0.3 is 0 Å². The van der Waals surface area contributed by atoms with E-state index in [9.17, 15) is 4.79 Å². The molecule has 4 rings (SSSR count). The molecule has 4 atom stereocenters. The van der Waals surface area contributed by atoms with Crippen molar-refractivity contribution in [1.82, 2.24) is 14.7 Å². The van der Waals surface area contributed by atoms with Crippen molar-refractivity contribution in [2.45, 2.75) is 38.4 Å². The minimum absolute atomic E-state index is 0.125. The van der Waals surface area contributed by atoms with E-state index in [1.165, 1.54) is 5.56 Å². The normalized spacial score (nSPS) is 34.5. The predicted octanol–water partition coefficient (Wildman–Crippen LogP) is 2.23. The van der Waals surface area contributed by atoms with Gasteiger partial charge in [-0.3, -0.25) is 14.6 Å². The smallest absolute Gasteiger partial charge is 0.240 e. The Kier molecular flexibility index (Phi) is 4.13. The van der Waals surface area contributed by atoms with E-state index >= 15 is 0 Å². The van der Waals surface area contributed by atoms with Gasteiger partial charge in [0.25, 0.3) is 0 Å². The van der Waals surface area contributed by atoms with E-state index in [0.717, 1.165) is 32.6 Å². The van der Waals surface area contributed by atoms with Gasteiger partial charge in [0.1, 0.15) is 0 Å². The maximum atomic E-state index is 12.7. The van der Waals surface area contributed by atoms with Gasteiger partial charge in [0, 0.05) is 38.3 Å². The topological polar surface area (TPSA) is 26.8 Å². The van der Waals surface area contributed by atoms with Crippen LogP contribution in [-0.2, 0) is 4.79 Å². The van der Waals surface area contributed by atoms with E-state index < -0.39 is 0 Å². The Labute approximate surface area is 145 Å². The molecule has 0 spiro atoms. The molecular weight excluding hydrogens is 298 g/mol. The van der Waals surface area contributed by atoms with Crippen LogP contribution in [-0.4, -0.2) is 65.9 Å². The summed E-state index contributed by atoms with van der Waals surface area (Å²) >= 11 is 0. The molecule has 1 aromatic carbocycles. The lowest BCUT2D eigenvalue weighted by atomic mass is 9.90. The Morgan fingerprint density at radius 2 is 1.83 bits per heavy atom. The molecule has 3 heterocycles. The van der Waals surface area contributed by atoms with E-state index in [4.69, 9.17) is 0 Å². The van der Waals surface area contributed by atoms with Crippen LogP contribution in [0.1, 0.15) is 31.9 Å². The summed E-state index contributed by atoms with van der Waals surface area (Å²) in [7, 11) is 2.25. The predicted molar refractivity (Wildman–Crippen MR) is 95.6 cm³/mol. The maximum Gasteiger partial charge on any atom is 0.240 e. The Bertz CT molecular complexity index is 602. The van der Waals surface area contributed by atoms with Crippen molar-refractivity contribution in [3.8, 4) is 0 Å². The largest absolute Gasteiger partial charge is 0.339 e. The molecule has 0 aliphatic carbocycles. The summed E-state index contributed by atoms with van der Waals surface area (Å²) in [6.07, 6.45) is 1.00. The fourth-order valence-electron chi connectivity index (χ4n) is 5.24. The third-order valence-corrected chi connectivity index (χ3v) is 6.34. The van der Waals surface area contributed by atoms with E-state index in [1.807, 2.05) is 0 Å². The van der Waals surface area contributed by atoms with Crippen LogP contribution in [0.3, 0.4) is 0 Å². The Morgan fingerprint density at radius 3 is 2.50 bits per heavy atom. The molecule has 3 aliphatic rings. The highest BCUT2D eigenvalue weighted by atomic mass is 16.2. The van der Waals surface area contributed by atoms with Crippen LogP contribution in [0, 0.1) is 11.8 Å². The SMILES string of the molecule is CC(C)N1CC[C@H](N2C[C@@H]3CN(C)[C@H](c4ccccc4)[C@H]3C2)C1=O. The van der Waals surface area contributed by atoms with Crippen LogP contribution >= 0.6 is 0 Å². The standard InChI is InChI=1S/C20H29N3O/c1-14(2)23-10-9-18(20(23)24)22-12-16-11-21(3)19(17(16)13-22)15-7-5-4-6-8-15/h4-8,14,16-19H,9-13H2,1-3H3/t16-,17-,18-,19+/m0/s1. The molecule has 0 saturated carbocycles. The zero-order chi connectivity index (χ0) is 16.8. The second-order valence-electron chi connectivity index (χ2n) is 8.10. The third-order valence-electron chi connectivity index (χ3n) is 6.34. The first-order valence-electron chi connectivity index (χ1n) is 9.36. The lowest BCUT2D eigenvalue weighted by Gasteiger charge is -2.29. The first kappa shape index (κ1) is 16.1. The van der Waals surface area contributed by atoms with Gasteiger partial charge in [-0.15, -0.1) is 0 Å². The highest BCUT2D eigenvalue weighted by Crippen LogP contribution is 2.45. The minimum atomic E-state index is 0.125. The molecule has 0 unspecified atom stereocenters. The molecule has 0 bridgehead atoms. The second-order valence-corrected chi connectivity index (χ2v) is 8.10. The molecule has 130 valence electrons. The molecule has 3 aliphatic heterocycles. The Hall–Kier alpha value is -1.39. The molecule has 3 fully saturated rings. The molecule has 0 radical (unpaired) electrons. The lowest BCUT2D eigenvalue weighted by Crippen LogP contribution is -2.43. The molecule has 0 aromatic heterocycles. The van der Waals surface area contributed by atoms with Crippen LogP contribution in [0.15, 0.2) is 30.3 Å². The summed E-state index contributed by atoms with van der Waals surface area (Å²) in [5.41, 5.74) is 1.43. The van der Waals surface area contributed by atoms with Crippen LogP contribution in [0.25, 0.3) is 0 Å². The van der Waals surface area contributed by atoms with Gasteiger partial charge in [0.15, 0.2) is 0 Å². The molecule has 1 aromatic rings. The highest BCUT2D eigenvalue weighted by molar-refractivity contribution is 5.84. The summed E-state index contributed by atoms with van der Waals surface area (Å²) < 4.78 is 0. The number of hydrogen-bond donors (Lipinski definition) is 0. The van der Waals surface area contributed by atoms with Gasteiger partial charge in [-0.1, -0.05) is 30.3 Å². The van der Waals surface area contributed by atoms with E-state index in [1.54, 1.807) is 0 Å². The number of hydrogen-bond acceptors (Lipinski definition) is 3. The first-order valence-corrected chi connectivity index (χ1v) is 9.36. The van der Waals surface area contributed by atoms with Crippen LogP contribution in [0.4, 0.5) is 0 Å². The van der Waals surface area contributed by atoms with Crippen molar-refractivity contribution in [3.05, 3.63) is 35.9 Å². The number of benzene rings is 1. The van der Waals surface area contributed by atoms with Crippen molar-refractivity contribution in [3.63, 3.8) is 0 Å². The van der Waals surface area contributed by atoms with Crippen molar-refractivity contribution in [2.24, 2.45) is 11.8 Å². The quantitative estimate of drug-likeness (QED) is 0.852. The molecule has 3 saturated heterocycles. The van der Waals surface area contributed by atoms with Crippen LogP contribution in [0.5, 0.6) is 0 Å². The first-order chi connectivity index (χ1) is 11.6. The van der Waals surface area contributed by atoms with E-state index in [-0.39, 0.29) is 6.04 Å². The number of rotatable bonds is 3. The molecule has 1 amide bonds. The van der Waals surface area contributed by atoms with Crippen molar-refractivity contribution in [2.75, 3.05) is 33.2 Å². The number of fused-ring (bicyclic) bond motifs is 1. The van der Waals surface area contributed by atoms with Crippen LogP contribution in [0.2, 0.25) is 0 Å². The zero-order valence-corrected chi connectivity index (χ0v) is 15.1. The fraction of sp³-hybridized carbons (Fsp3) is 0.650.